The molecule has 2 aromatic rings. The molecule has 0 aliphatic carbocycles. The highest BCUT2D eigenvalue weighted by Crippen LogP contribution is 2.21. The Balaban J connectivity index is 2.01. The fourth-order valence-electron chi connectivity index (χ4n) is 1.77. The normalized spacial score (nSPS) is 11.4. The number of nitrogens with two attached hydrogens (primary N) is 1. The van der Waals surface area contributed by atoms with E-state index in [9.17, 15) is 4.39 Å². The molecule has 0 unspecified atom stereocenters. The van der Waals surface area contributed by atoms with Gasteiger partial charge in [0.25, 0.3) is 0 Å². The molecule has 21 heavy (non-hydrogen) atoms. The summed E-state index contributed by atoms with van der Waals surface area (Å²) in [5.41, 5.74) is 6.62. The minimum absolute atomic E-state index is 0.0467. The summed E-state index contributed by atoms with van der Waals surface area (Å²) in [6.45, 7) is 0.0467. The van der Waals surface area contributed by atoms with Crippen molar-refractivity contribution in [3.63, 3.8) is 0 Å². The van der Waals surface area contributed by atoms with Crippen molar-refractivity contribution in [3.05, 3.63) is 64.4 Å². The van der Waals surface area contributed by atoms with Crippen LogP contribution in [0, 0.1) is 5.82 Å². The molecule has 0 bridgehead atoms. The Hall–Kier alpha value is -2.27. The molecule has 0 aliphatic rings. The van der Waals surface area contributed by atoms with Crippen LogP contribution in [-0.2, 0) is 13.0 Å². The molecule has 4 nitrogen and oxygen atoms in total. The summed E-state index contributed by atoms with van der Waals surface area (Å²) in [4.78, 5) is 0. The number of halogens is 2. The van der Waals surface area contributed by atoms with E-state index in [-0.39, 0.29) is 12.4 Å². The van der Waals surface area contributed by atoms with Gasteiger partial charge < -0.3 is 15.7 Å². The van der Waals surface area contributed by atoms with Crippen molar-refractivity contribution < 1.29 is 14.3 Å². The van der Waals surface area contributed by atoms with Crippen molar-refractivity contribution in [2.24, 2.45) is 10.9 Å². The summed E-state index contributed by atoms with van der Waals surface area (Å²) in [5.74, 6) is 0.311. The van der Waals surface area contributed by atoms with Crippen molar-refractivity contribution in [3.8, 4) is 5.75 Å². The van der Waals surface area contributed by atoms with Crippen LogP contribution in [0.4, 0.5) is 4.39 Å². The van der Waals surface area contributed by atoms with Gasteiger partial charge >= 0.3 is 0 Å². The van der Waals surface area contributed by atoms with Gasteiger partial charge in [0.15, 0.2) is 0 Å². The maximum atomic E-state index is 13.6. The lowest BCUT2D eigenvalue weighted by Crippen LogP contribution is -2.14. The zero-order valence-corrected chi connectivity index (χ0v) is 11.8. The second-order valence-electron chi connectivity index (χ2n) is 4.40. The van der Waals surface area contributed by atoms with Crippen molar-refractivity contribution in [1.29, 1.82) is 0 Å². The molecule has 0 fully saturated rings. The fourth-order valence-corrected chi connectivity index (χ4v) is 1.99. The Morgan fingerprint density at radius 2 is 1.95 bits per heavy atom. The summed E-state index contributed by atoms with van der Waals surface area (Å²) < 4.78 is 19.1. The highest BCUT2D eigenvalue weighted by molar-refractivity contribution is 6.31. The van der Waals surface area contributed by atoms with Gasteiger partial charge in [-0.15, -0.1) is 0 Å². The predicted octanol–water partition coefficient (Wildman–Crippen LogP) is 3.35. The Morgan fingerprint density at radius 3 is 2.57 bits per heavy atom. The molecule has 0 heterocycles. The quantitative estimate of drug-likeness (QED) is 0.385. The highest BCUT2D eigenvalue weighted by Gasteiger charge is 2.07. The number of amidine groups is 1. The molecule has 0 saturated heterocycles. The number of hydrogen-bond acceptors (Lipinski definition) is 3. The van der Waals surface area contributed by atoms with E-state index in [0.717, 1.165) is 5.56 Å². The first-order valence-electron chi connectivity index (χ1n) is 6.21. The van der Waals surface area contributed by atoms with Gasteiger partial charge in [-0.25, -0.2) is 4.39 Å². The van der Waals surface area contributed by atoms with Gasteiger partial charge in [-0.3, -0.25) is 0 Å². The van der Waals surface area contributed by atoms with Crippen LogP contribution in [0.5, 0.6) is 5.75 Å². The van der Waals surface area contributed by atoms with Gasteiger partial charge in [0, 0.05) is 12.0 Å². The van der Waals surface area contributed by atoms with Crippen LogP contribution in [0.3, 0.4) is 0 Å². The van der Waals surface area contributed by atoms with Crippen LogP contribution in [-0.4, -0.2) is 11.0 Å². The van der Waals surface area contributed by atoms with Crippen molar-refractivity contribution >= 4 is 17.4 Å². The molecular formula is C15H14ClFN2O2. The third kappa shape index (κ3) is 4.10. The van der Waals surface area contributed by atoms with Crippen LogP contribution in [0.1, 0.15) is 11.1 Å². The number of oxime groups is 1. The first-order valence-corrected chi connectivity index (χ1v) is 6.59. The number of nitrogens with zero attached hydrogens (tertiary/aromatic N) is 1. The number of benzene rings is 2. The van der Waals surface area contributed by atoms with Gasteiger partial charge in [-0.1, -0.05) is 35.0 Å². The van der Waals surface area contributed by atoms with Gasteiger partial charge in [0.1, 0.15) is 24.0 Å². The third-order valence-corrected chi connectivity index (χ3v) is 3.24. The molecule has 0 aliphatic heterocycles. The molecule has 0 atom stereocenters. The summed E-state index contributed by atoms with van der Waals surface area (Å²) >= 11 is 5.92. The van der Waals surface area contributed by atoms with Gasteiger partial charge in [-0.2, -0.15) is 0 Å². The average molecular weight is 309 g/mol. The zero-order valence-electron chi connectivity index (χ0n) is 11.1. The Kier molecular flexibility index (Phi) is 5.00. The summed E-state index contributed by atoms with van der Waals surface area (Å²) in [6.07, 6.45) is 0.343. The van der Waals surface area contributed by atoms with E-state index >= 15 is 0 Å². The van der Waals surface area contributed by atoms with Crippen LogP contribution < -0.4 is 10.5 Å². The van der Waals surface area contributed by atoms with E-state index in [1.807, 2.05) is 0 Å². The Morgan fingerprint density at radius 1 is 1.24 bits per heavy atom. The summed E-state index contributed by atoms with van der Waals surface area (Å²) in [5, 5.41) is 11.7. The van der Waals surface area contributed by atoms with E-state index in [0.29, 0.717) is 22.8 Å². The number of ether oxygens (including phenoxy) is 1. The van der Waals surface area contributed by atoms with E-state index in [1.54, 1.807) is 36.4 Å². The Bertz CT molecular complexity index is 624. The standard InChI is InChI=1S/C15H14ClFN2O2/c16-13-2-1-3-14(17)12(13)9-21-11-6-4-10(5-7-11)8-15(18)19-20/h1-7,20H,8-9H2,(H2,18,19). The molecule has 0 radical (unpaired) electrons. The molecule has 0 aromatic heterocycles. The number of hydrogen-bond donors (Lipinski definition) is 2. The Labute approximate surface area is 126 Å². The van der Waals surface area contributed by atoms with Crippen molar-refractivity contribution in [2.45, 2.75) is 13.0 Å². The SMILES string of the molecule is NC(Cc1ccc(OCc2c(F)cccc2Cl)cc1)=NO. The van der Waals surface area contributed by atoms with Crippen LogP contribution in [0.25, 0.3) is 0 Å². The topological polar surface area (TPSA) is 67.8 Å². The fraction of sp³-hybridized carbons (Fsp3) is 0.133. The highest BCUT2D eigenvalue weighted by atomic mass is 35.5. The molecule has 2 aromatic carbocycles. The first kappa shape index (κ1) is 15.1. The monoisotopic (exact) mass is 308 g/mol. The molecule has 0 spiro atoms. The summed E-state index contributed by atoms with van der Waals surface area (Å²) in [6, 6.07) is 11.5. The third-order valence-electron chi connectivity index (χ3n) is 2.88. The lowest BCUT2D eigenvalue weighted by molar-refractivity contribution is 0.300. The maximum absolute atomic E-state index is 13.6. The smallest absolute Gasteiger partial charge is 0.143 e. The second kappa shape index (κ2) is 6.95. The van der Waals surface area contributed by atoms with Crippen LogP contribution in [0.15, 0.2) is 47.6 Å². The minimum atomic E-state index is -0.397. The maximum Gasteiger partial charge on any atom is 0.143 e. The van der Waals surface area contributed by atoms with E-state index in [1.165, 1.54) is 6.07 Å². The van der Waals surface area contributed by atoms with Gasteiger partial charge in [0.2, 0.25) is 0 Å². The van der Waals surface area contributed by atoms with Gasteiger partial charge in [0.05, 0.1) is 5.02 Å². The number of rotatable bonds is 5. The van der Waals surface area contributed by atoms with E-state index in [4.69, 9.17) is 27.3 Å². The minimum Gasteiger partial charge on any atom is -0.489 e. The summed E-state index contributed by atoms with van der Waals surface area (Å²) in [7, 11) is 0. The molecule has 0 saturated carbocycles. The first-order chi connectivity index (χ1) is 10.1. The molecule has 3 N–H and O–H groups in total. The van der Waals surface area contributed by atoms with Crippen LogP contribution >= 0.6 is 11.6 Å². The molecule has 6 heteroatoms. The van der Waals surface area contributed by atoms with Crippen molar-refractivity contribution in [1.82, 2.24) is 0 Å². The molecule has 0 amide bonds. The molecule has 110 valence electrons. The second-order valence-corrected chi connectivity index (χ2v) is 4.81. The van der Waals surface area contributed by atoms with Crippen molar-refractivity contribution in [2.75, 3.05) is 0 Å². The lowest BCUT2D eigenvalue weighted by Gasteiger charge is -2.09. The van der Waals surface area contributed by atoms with E-state index < -0.39 is 5.82 Å². The van der Waals surface area contributed by atoms with E-state index in [2.05, 4.69) is 5.16 Å². The predicted molar refractivity (Wildman–Crippen MR) is 79.3 cm³/mol. The molecule has 2 rings (SSSR count). The average Bonchev–Trinajstić information content (AvgIpc) is 2.48. The largest absolute Gasteiger partial charge is 0.489 e. The zero-order chi connectivity index (χ0) is 15.2. The lowest BCUT2D eigenvalue weighted by atomic mass is 10.1. The van der Waals surface area contributed by atoms with Crippen LogP contribution in [0.2, 0.25) is 5.02 Å². The molecular weight excluding hydrogens is 295 g/mol. The van der Waals surface area contributed by atoms with Gasteiger partial charge in [-0.05, 0) is 29.8 Å².